The standard InChI is InChI=1S/C17H13ClO3/c1-21-8-2-3-9-11(6-8)13-7-12(9)10-4-5-14(18)16(15(10)13)17(19)20/h2-6,12-13H,7H2,1H3,(H,19,20). The number of aromatic carboxylic acids is 1. The minimum atomic E-state index is -0.950. The van der Waals surface area contributed by atoms with Crippen molar-refractivity contribution >= 4 is 17.6 Å². The Labute approximate surface area is 127 Å². The van der Waals surface area contributed by atoms with Crippen LogP contribution in [0.4, 0.5) is 0 Å². The van der Waals surface area contributed by atoms with Crippen molar-refractivity contribution in [3.63, 3.8) is 0 Å². The molecule has 0 saturated heterocycles. The predicted octanol–water partition coefficient (Wildman–Crippen LogP) is 4.03. The molecule has 2 atom stereocenters. The number of ether oxygens (including phenoxy) is 1. The van der Waals surface area contributed by atoms with Crippen LogP contribution < -0.4 is 4.74 Å². The number of benzene rings is 2. The Balaban J connectivity index is 1.96. The predicted molar refractivity (Wildman–Crippen MR) is 79.7 cm³/mol. The minimum absolute atomic E-state index is 0.111. The fraction of sp³-hybridized carbons (Fsp3) is 0.235. The first kappa shape index (κ1) is 12.7. The second-order valence-electron chi connectivity index (χ2n) is 5.57. The molecule has 0 amide bonds. The van der Waals surface area contributed by atoms with E-state index < -0.39 is 5.97 Å². The van der Waals surface area contributed by atoms with Gasteiger partial charge in [-0.2, -0.15) is 0 Å². The summed E-state index contributed by atoms with van der Waals surface area (Å²) in [6, 6.07) is 9.76. The van der Waals surface area contributed by atoms with Crippen LogP contribution in [0.3, 0.4) is 0 Å². The fourth-order valence-corrected chi connectivity index (χ4v) is 4.11. The Kier molecular flexibility index (Phi) is 2.57. The van der Waals surface area contributed by atoms with Crippen molar-refractivity contribution < 1.29 is 14.6 Å². The van der Waals surface area contributed by atoms with Gasteiger partial charge in [-0.25, -0.2) is 4.79 Å². The molecule has 0 aromatic heterocycles. The highest BCUT2D eigenvalue weighted by molar-refractivity contribution is 6.33. The highest BCUT2D eigenvalue weighted by Crippen LogP contribution is 2.58. The van der Waals surface area contributed by atoms with Crippen LogP contribution in [0.2, 0.25) is 5.02 Å². The molecule has 4 rings (SSSR count). The van der Waals surface area contributed by atoms with Gasteiger partial charge in [0, 0.05) is 11.8 Å². The normalized spacial score (nSPS) is 21.0. The Morgan fingerprint density at radius 1 is 1.19 bits per heavy atom. The fourth-order valence-electron chi connectivity index (χ4n) is 3.86. The molecule has 0 aliphatic heterocycles. The van der Waals surface area contributed by atoms with E-state index in [1.54, 1.807) is 13.2 Å². The van der Waals surface area contributed by atoms with Gasteiger partial charge in [0.15, 0.2) is 0 Å². The first-order chi connectivity index (χ1) is 10.1. The lowest BCUT2D eigenvalue weighted by molar-refractivity contribution is 0.0695. The Bertz CT molecular complexity index is 782. The summed E-state index contributed by atoms with van der Waals surface area (Å²) in [5, 5.41) is 9.82. The number of hydrogen-bond donors (Lipinski definition) is 1. The smallest absolute Gasteiger partial charge is 0.337 e. The Morgan fingerprint density at radius 2 is 1.95 bits per heavy atom. The molecule has 0 heterocycles. The Hall–Kier alpha value is -2.00. The second kappa shape index (κ2) is 4.25. The molecular weight excluding hydrogens is 288 g/mol. The van der Waals surface area contributed by atoms with E-state index in [1.165, 1.54) is 11.1 Å². The lowest BCUT2D eigenvalue weighted by Gasteiger charge is -2.22. The number of carboxylic acids is 1. The third-order valence-corrected chi connectivity index (χ3v) is 5.00. The van der Waals surface area contributed by atoms with E-state index in [1.807, 2.05) is 18.2 Å². The number of halogens is 1. The summed E-state index contributed by atoms with van der Waals surface area (Å²) in [4.78, 5) is 11.6. The number of fused-ring (bicyclic) bond motifs is 8. The molecule has 106 valence electrons. The van der Waals surface area contributed by atoms with Crippen LogP contribution in [0.1, 0.15) is 50.9 Å². The van der Waals surface area contributed by atoms with Crippen LogP contribution in [0, 0.1) is 0 Å². The van der Waals surface area contributed by atoms with Crippen molar-refractivity contribution in [1.29, 1.82) is 0 Å². The largest absolute Gasteiger partial charge is 0.497 e. The van der Waals surface area contributed by atoms with Gasteiger partial charge in [-0.1, -0.05) is 23.7 Å². The molecule has 2 aromatic rings. The van der Waals surface area contributed by atoms with Gasteiger partial charge in [-0.15, -0.1) is 0 Å². The van der Waals surface area contributed by atoms with Crippen LogP contribution in [0.25, 0.3) is 0 Å². The SMILES string of the molecule is COc1ccc2c(c1)C1CC2c2ccc(Cl)c(C(=O)O)c21. The summed E-state index contributed by atoms with van der Waals surface area (Å²) in [7, 11) is 1.64. The maximum atomic E-state index is 11.6. The van der Waals surface area contributed by atoms with Crippen molar-refractivity contribution in [2.75, 3.05) is 7.11 Å². The topological polar surface area (TPSA) is 46.5 Å². The van der Waals surface area contributed by atoms with E-state index >= 15 is 0 Å². The number of methoxy groups -OCH3 is 1. The zero-order chi connectivity index (χ0) is 14.7. The van der Waals surface area contributed by atoms with Crippen molar-refractivity contribution in [1.82, 2.24) is 0 Å². The number of carbonyl (C=O) groups is 1. The van der Waals surface area contributed by atoms with Crippen LogP contribution in [-0.2, 0) is 0 Å². The second-order valence-corrected chi connectivity index (χ2v) is 5.97. The van der Waals surface area contributed by atoms with Gasteiger partial charge in [0.1, 0.15) is 5.75 Å². The third kappa shape index (κ3) is 1.58. The van der Waals surface area contributed by atoms with Crippen LogP contribution in [0.5, 0.6) is 5.75 Å². The van der Waals surface area contributed by atoms with Crippen LogP contribution in [-0.4, -0.2) is 18.2 Å². The van der Waals surface area contributed by atoms with Gasteiger partial charge in [-0.05, 0) is 46.9 Å². The molecule has 2 aliphatic rings. The van der Waals surface area contributed by atoms with Crippen LogP contribution in [0.15, 0.2) is 30.3 Å². The Morgan fingerprint density at radius 3 is 2.67 bits per heavy atom. The van der Waals surface area contributed by atoms with Crippen molar-refractivity contribution in [3.05, 3.63) is 63.2 Å². The highest BCUT2D eigenvalue weighted by Gasteiger charge is 2.44. The third-order valence-electron chi connectivity index (χ3n) is 4.68. The lowest BCUT2D eigenvalue weighted by Crippen LogP contribution is -2.11. The average Bonchev–Trinajstić information content (AvgIpc) is 3.02. The molecule has 2 bridgehead atoms. The molecule has 0 radical (unpaired) electrons. The van der Waals surface area contributed by atoms with E-state index in [-0.39, 0.29) is 17.4 Å². The van der Waals surface area contributed by atoms with E-state index in [2.05, 4.69) is 6.07 Å². The minimum Gasteiger partial charge on any atom is -0.497 e. The first-order valence-corrected chi connectivity index (χ1v) is 7.23. The van der Waals surface area contributed by atoms with Gasteiger partial charge in [0.05, 0.1) is 17.7 Å². The van der Waals surface area contributed by atoms with E-state index in [9.17, 15) is 9.90 Å². The monoisotopic (exact) mass is 300 g/mol. The van der Waals surface area contributed by atoms with Gasteiger partial charge >= 0.3 is 5.97 Å². The van der Waals surface area contributed by atoms with Gasteiger partial charge in [-0.3, -0.25) is 0 Å². The lowest BCUT2D eigenvalue weighted by atomic mass is 9.83. The van der Waals surface area contributed by atoms with Crippen molar-refractivity contribution in [3.8, 4) is 5.75 Å². The molecule has 0 spiro atoms. The number of hydrogen-bond acceptors (Lipinski definition) is 2. The number of carboxylic acid groups (broad SMARTS) is 1. The molecule has 0 saturated carbocycles. The summed E-state index contributed by atoms with van der Waals surface area (Å²) < 4.78 is 5.29. The molecule has 2 aliphatic carbocycles. The molecule has 0 fully saturated rings. The van der Waals surface area contributed by atoms with E-state index in [0.29, 0.717) is 5.02 Å². The zero-order valence-corrected chi connectivity index (χ0v) is 12.1. The molecule has 2 aromatic carbocycles. The van der Waals surface area contributed by atoms with Gasteiger partial charge in [0.25, 0.3) is 0 Å². The molecule has 4 heteroatoms. The summed E-state index contributed by atoms with van der Waals surface area (Å²) in [5.74, 6) is 0.247. The molecule has 2 unspecified atom stereocenters. The summed E-state index contributed by atoms with van der Waals surface area (Å²) in [6.45, 7) is 0. The van der Waals surface area contributed by atoms with Gasteiger partial charge in [0.2, 0.25) is 0 Å². The van der Waals surface area contributed by atoms with E-state index in [0.717, 1.165) is 23.3 Å². The van der Waals surface area contributed by atoms with E-state index in [4.69, 9.17) is 16.3 Å². The summed E-state index contributed by atoms with van der Waals surface area (Å²) in [5.41, 5.74) is 4.72. The van der Waals surface area contributed by atoms with Crippen molar-refractivity contribution in [2.24, 2.45) is 0 Å². The maximum Gasteiger partial charge on any atom is 0.337 e. The number of rotatable bonds is 2. The molecule has 1 N–H and O–H groups in total. The summed E-state index contributed by atoms with van der Waals surface area (Å²) >= 11 is 6.12. The maximum absolute atomic E-state index is 11.6. The van der Waals surface area contributed by atoms with Crippen molar-refractivity contribution in [2.45, 2.75) is 18.3 Å². The van der Waals surface area contributed by atoms with Crippen LogP contribution >= 0.6 is 11.6 Å². The first-order valence-electron chi connectivity index (χ1n) is 6.85. The molecular formula is C17H13ClO3. The summed E-state index contributed by atoms with van der Waals surface area (Å²) in [6.07, 6.45) is 0.929. The highest BCUT2D eigenvalue weighted by atomic mass is 35.5. The quantitative estimate of drug-likeness (QED) is 0.911. The molecule has 3 nitrogen and oxygen atoms in total. The average molecular weight is 301 g/mol. The zero-order valence-electron chi connectivity index (χ0n) is 11.4. The molecule has 21 heavy (non-hydrogen) atoms. The van der Waals surface area contributed by atoms with Gasteiger partial charge < -0.3 is 9.84 Å².